The highest BCUT2D eigenvalue weighted by Gasteiger charge is 2.41. The van der Waals surface area contributed by atoms with Gasteiger partial charge in [-0.3, -0.25) is 0 Å². The van der Waals surface area contributed by atoms with Crippen LogP contribution in [0.3, 0.4) is 0 Å². The van der Waals surface area contributed by atoms with E-state index in [-0.39, 0.29) is 19.6 Å². The van der Waals surface area contributed by atoms with E-state index in [1.54, 1.807) is 0 Å². The number of benzene rings is 6. The molecular formula is C45H42B2N2. The molecule has 0 fully saturated rings. The number of anilines is 2. The van der Waals surface area contributed by atoms with Gasteiger partial charge in [-0.2, -0.15) is 0 Å². The summed E-state index contributed by atoms with van der Waals surface area (Å²) in [6.45, 7) is 13.9. The maximum Gasteiger partial charge on any atom is 0.240 e. The molecule has 6 aromatic carbocycles. The quantitative estimate of drug-likeness (QED) is 0.207. The molecular weight excluding hydrogens is 590 g/mol. The lowest BCUT2D eigenvalue weighted by molar-refractivity contribution is 0.753. The van der Waals surface area contributed by atoms with Crippen molar-refractivity contribution in [2.75, 3.05) is 9.80 Å². The van der Waals surface area contributed by atoms with Crippen LogP contribution in [0.2, 0.25) is 0 Å². The van der Waals surface area contributed by atoms with E-state index in [1.807, 2.05) is 0 Å². The molecule has 0 amide bonds. The Morgan fingerprint density at radius 2 is 0.959 bits per heavy atom. The molecule has 4 heteroatoms. The zero-order chi connectivity index (χ0) is 33.8. The maximum absolute atomic E-state index is 2.53. The van der Waals surface area contributed by atoms with Crippen molar-refractivity contribution in [3.63, 3.8) is 0 Å². The number of fused-ring (bicyclic) bond motifs is 2. The van der Waals surface area contributed by atoms with Crippen LogP contribution >= 0.6 is 0 Å². The predicted octanol–water partition coefficient (Wildman–Crippen LogP) is 6.25. The summed E-state index contributed by atoms with van der Waals surface area (Å²) in [7, 11) is 0. The van der Waals surface area contributed by atoms with Crippen LogP contribution in [-0.4, -0.2) is 19.6 Å². The summed E-state index contributed by atoms with van der Waals surface area (Å²) in [6.07, 6.45) is 2.47. The molecule has 2 nitrogen and oxygen atoms in total. The monoisotopic (exact) mass is 632 g/mol. The van der Waals surface area contributed by atoms with Gasteiger partial charge in [-0.1, -0.05) is 170 Å². The minimum atomic E-state index is 0.104. The molecule has 0 unspecified atom stereocenters. The topological polar surface area (TPSA) is 6.48 Å². The Morgan fingerprint density at radius 3 is 1.55 bits per heavy atom. The highest BCUT2D eigenvalue weighted by molar-refractivity contribution is 7.11. The minimum absolute atomic E-state index is 0.104. The second-order valence-electron chi connectivity index (χ2n) is 14.0. The SMILES string of the molecule is Cc1ccccc1N1C(c2ccc3c(c2)B(c2c(C)cccc2C)c2ccccc2B3c2c(C)cccc2C)=CN(c2ccccc2)[C@@H]1C. The van der Waals surface area contributed by atoms with E-state index >= 15 is 0 Å². The first kappa shape index (κ1) is 31.1. The number of hydrogen-bond donors (Lipinski definition) is 0. The summed E-state index contributed by atoms with van der Waals surface area (Å²) >= 11 is 0. The molecule has 0 radical (unpaired) electrons. The molecule has 2 heterocycles. The van der Waals surface area contributed by atoms with Gasteiger partial charge in [-0.25, -0.2) is 0 Å². The summed E-state index contributed by atoms with van der Waals surface area (Å²) in [5.74, 6) is 0. The predicted molar refractivity (Wildman–Crippen MR) is 214 cm³/mol. The Balaban J connectivity index is 1.40. The number of aryl methyl sites for hydroxylation is 5. The van der Waals surface area contributed by atoms with E-state index in [4.69, 9.17) is 0 Å². The molecule has 2 aliphatic heterocycles. The summed E-state index contributed by atoms with van der Waals surface area (Å²) in [5, 5.41) is 0. The van der Waals surface area contributed by atoms with Crippen molar-refractivity contribution in [2.45, 2.75) is 47.7 Å². The third-order valence-corrected chi connectivity index (χ3v) is 11.0. The molecule has 238 valence electrons. The molecule has 0 N–H and O–H groups in total. The van der Waals surface area contributed by atoms with Crippen molar-refractivity contribution < 1.29 is 0 Å². The average Bonchev–Trinajstić information content (AvgIpc) is 3.45. The molecule has 49 heavy (non-hydrogen) atoms. The van der Waals surface area contributed by atoms with Crippen molar-refractivity contribution in [3.05, 3.63) is 173 Å². The van der Waals surface area contributed by atoms with Crippen molar-refractivity contribution in [1.29, 1.82) is 0 Å². The average molecular weight is 632 g/mol. The van der Waals surface area contributed by atoms with Crippen LogP contribution in [-0.2, 0) is 0 Å². The van der Waals surface area contributed by atoms with Gasteiger partial charge in [0.2, 0.25) is 13.4 Å². The molecule has 2 aliphatic rings. The fourth-order valence-electron chi connectivity index (χ4n) is 8.70. The van der Waals surface area contributed by atoms with Crippen molar-refractivity contribution in [1.82, 2.24) is 0 Å². The summed E-state index contributed by atoms with van der Waals surface area (Å²) in [6, 6.07) is 49.6. The maximum atomic E-state index is 2.53. The Hall–Kier alpha value is -5.21. The van der Waals surface area contributed by atoms with Crippen LogP contribution < -0.4 is 42.6 Å². The zero-order valence-corrected chi connectivity index (χ0v) is 29.4. The van der Waals surface area contributed by atoms with Gasteiger partial charge in [-0.15, -0.1) is 0 Å². The lowest BCUT2D eigenvalue weighted by Crippen LogP contribution is -2.75. The molecule has 1 atom stereocenters. The highest BCUT2D eigenvalue weighted by Crippen LogP contribution is 2.39. The molecule has 0 bridgehead atoms. The van der Waals surface area contributed by atoms with E-state index in [2.05, 4.69) is 191 Å². The summed E-state index contributed by atoms with van der Waals surface area (Å²) in [5.41, 5.74) is 20.0. The lowest BCUT2D eigenvalue weighted by Gasteiger charge is -2.35. The number of rotatable bonds is 5. The zero-order valence-electron chi connectivity index (χ0n) is 29.4. The lowest BCUT2D eigenvalue weighted by atomic mass is 9.20. The second-order valence-corrected chi connectivity index (χ2v) is 14.0. The largest absolute Gasteiger partial charge is 0.325 e. The van der Waals surface area contributed by atoms with Gasteiger partial charge in [0.05, 0.1) is 5.70 Å². The van der Waals surface area contributed by atoms with E-state index in [9.17, 15) is 0 Å². The van der Waals surface area contributed by atoms with E-state index in [0.29, 0.717) is 0 Å². The molecule has 0 saturated heterocycles. The second kappa shape index (κ2) is 12.3. The molecule has 6 aromatic rings. The van der Waals surface area contributed by atoms with Crippen LogP contribution in [0, 0.1) is 34.6 Å². The first-order valence-corrected chi connectivity index (χ1v) is 17.6. The van der Waals surface area contributed by atoms with Gasteiger partial charge in [0.25, 0.3) is 0 Å². The van der Waals surface area contributed by atoms with E-state index in [0.717, 1.165) is 0 Å². The number of hydrogen-bond acceptors (Lipinski definition) is 2. The minimum Gasteiger partial charge on any atom is -0.325 e. The first-order valence-electron chi connectivity index (χ1n) is 17.6. The highest BCUT2D eigenvalue weighted by atomic mass is 15.4. The van der Waals surface area contributed by atoms with E-state index in [1.165, 1.54) is 83.2 Å². The van der Waals surface area contributed by atoms with Crippen LogP contribution in [0.15, 0.2) is 140 Å². The van der Waals surface area contributed by atoms with Gasteiger partial charge in [-0.05, 0) is 70.9 Å². The van der Waals surface area contributed by atoms with Crippen molar-refractivity contribution >= 4 is 63.3 Å². The van der Waals surface area contributed by atoms with Gasteiger partial charge in [0.1, 0.15) is 6.17 Å². The molecule has 0 aliphatic carbocycles. The molecule has 0 spiro atoms. The third kappa shape index (κ3) is 5.13. The molecule has 0 saturated carbocycles. The molecule has 8 rings (SSSR count). The van der Waals surface area contributed by atoms with Crippen LogP contribution in [0.1, 0.15) is 40.3 Å². The normalized spacial score (nSPS) is 15.3. The Bertz CT molecular complexity index is 2200. The number of para-hydroxylation sites is 2. The number of nitrogens with zero attached hydrogens (tertiary/aromatic N) is 2. The first-order chi connectivity index (χ1) is 23.8. The van der Waals surface area contributed by atoms with Crippen molar-refractivity contribution in [2.24, 2.45) is 0 Å². The molecule has 0 aromatic heterocycles. The van der Waals surface area contributed by atoms with Crippen LogP contribution in [0.4, 0.5) is 11.4 Å². The van der Waals surface area contributed by atoms with Crippen LogP contribution in [0.25, 0.3) is 5.70 Å². The Morgan fingerprint density at radius 1 is 0.469 bits per heavy atom. The Labute approximate surface area is 292 Å². The summed E-state index contributed by atoms with van der Waals surface area (Å²) < 4.78 is 0. The van der Waals surface area contributed by atoms with Gasteiger partial charge in [0.15, 0.2) is 0 Å². The third-order valence-electron chi connectivity index (χ3n) is 11.0. The Kier molecular flexibility index (Phi) is 7.83. The fraction of sp³-hybridized carbons (Fsp3) is 0.156. The fourth-order valence-corrected chi connectivity index (χ4v) is 8.70. The van der Waals surface area contributed by atoms with Gasteiger partial charge < -0.3 is 9.80 Å². The van der Waals surface area contributed by atoms with Crippen LogP contribution in [0.5, 0.6) is 0 Å². The van der Waals surface area contributed by atoms with E-state index < -0.39 is 0 Å². The van der Waals surface area contributed by atoms with Gasteiger partial charge >= 0.3 is 0 Å². The smallest absolute Gasteiger partial charge is 0.240 e. The van der Waals surface area contributed by atoms with Gasteiger partial charge in [0, 0.05) is 17.6 Å². The summed E-state index contributed by atoms with van der Waals surface area (Å²) in [4.78, 5) is 4.94. The van der Waals surface area contributed by atoms with Crippen molar-refractivity contribution in [3.8, 4) is 0 Å². The standard InChI is InChI=1S/C45H42B2N2/c1-30-16-10-13-25-42(30)49-35(6)48(37-21-8-7-9-22-37)29-43(49)36-26-27-40-41(28-36)47(45-33(4)19-15-20-34(45)5)39-24-12-11-23-38(39)46(40)44-31(2)17-14-18-32(44)3/h7-29,35H,1-6H3/t35-/m0/s1.